The lowest BCUT2D eigenvalue weighted by Crippen LogP contribution is -2.21. The second-order valence-electron chi connectivity index (χ2n) is 7.38. The summed E-state index contributed by atoms with van der Waals surface area (Å²) in [4.78, 5) is 23.8. The number of amides is 1. The summed E-state index contributed by atoms with van der Waals surface area (Å²) in [5.41, 5.74) is 2.06. The zero-order valence-corrected chi connectivity index (χ0v) is 18.4. The molecule has 0 bridgehead atoms. The number of nitro groups is 1. The third-order valence-electron chi connectivity index (χ3n) is 5.00. The van der Waals surface area contributed by atoms with Gasteiger partial charge in [-0.2, -0.15) is 10.1 Å². The van der Waals surface area contributed by atoms with Crippen LogP contribution in [0.25, 0.3) is 17.4 Å². The number of nitrogens with two attached hydrogens (primary N) is 1. The molecule has 168 valence electrons. The molecule has 1 aliphatic rings. The topological polar surface area (TPSA) is 149 Å². The van der Waals surface area contributed by atoms with E-state index in [9.17, 15) is 23.3 Å². The Morgan fingerprint density at radius 1 is 1.09 bits per heavy atom. The van der Waals surface area contributed by atoms with Gasteiger partial charge in [-0.15, -0.1) is 0 Å². The maximum Gasteiger partial charge on any atom is 0.280 e. The first-order valence-corrected chi connectivity index (χ1v) is 11.2. The van der Waals surface area contributed by atoms with E-state index in [4.69, 9.17) is 9.56 Å². The van der Waals surface area contributed by atoms with E-state index in [1.807, 2.05) is 0 Å². The average Bonchev–Trinajstić information content (AvgIpc) is 3.33. The van der Waals surface area contributed by atoms with Gasteiger partial charge < -0.3 is 4.42 Å². The lowest BCUT2D eigenvalue weighted by Gasteiger charge is -2.11. The van der Waals surface area contributed by atoms with E-state index in [2.05, 4.69) is 5.10 Å². The fourth-order valence-corrected chi connectivity index (χ4v) is 3.87. The molecule has 10 nitrogen and oxygen atoms in total. The molecule has 0 radical (unpaired) electrons. The Kier molecular flexibility index (Phi) is 5.44. The van der Waals surface area contributed by atoms with E-state index in [1.54, 1.807) is 38.1 Å². The van der Waals surface area contributed by atoms with E-state index in [0.717, 1.165) is 10.6 Å². The Balaban J connectivity index is 1.63. The second kappa shape index (κ2) is 8.11. The summed E-state index contributed by atoms with van der Waals surface area (Å²) >= 11 is 0. The van der Waals surface area contributed by atoms with Crippen LogP contribution >= 0.6 is 0 Å². The quantitative estimate of drug-likeness (QED) is 0.345. The van der Waals surface area contributed by atoms with Crippen molar-refractivity contribution in [2.24, 2.45) is 10.2 Å². The van der Waals surface area contributed by atoms with Gasteiger partial charge in [-0.25, -0.2) is 13.6 Å². The standard InChI is InChI=1S/C22H18N4O6S/c1-13-3-9-18(20(11-13)26(28)29)21-10-6-16(32-21)12-19-14(2)24-25(22(19)27)15-4-7-17(8-5-15)33(23,30)31/h3-12H,1-2H3,(H2,23,30,31)/b19-12+. The van der Waals surface area contributed by atoms with Crippen molar-refractivity contribution in [2.75, 3.05) is 5.01 Å². The summed E-state index contributed by atoms with van der Waals surface area (Å²) in [7, 11) is -3.86. The maximum atomic E-state index is 12.9. The molecular formula is C22H18N4O6S. The summed E-state index contributed by atoms with van der Waals surface area (Å²) in [6.07, 6.45) is 1.50. The number of hydrazone groups is 1. The molecule has 3 aromatic rings. The first kappa shape index (κ1) is 22.1. The Hall–Kier alpha value is -4.09. The van der Waals surface area contributed by atoms with Crippen LogP contribution in [0, 0.1) is 17.0 Å². The number of benzene rings is 2. The van der Waals surface area contributed by atoms with Crippen LogP contribution in [0.2, 0.25) is 0 Å². The average molecular weight is 466 g/mol. The van der Waals surface area contributed by atoms with Crippen molar-refractivity contribution in [1.82, 2.24) is 0 Å². The normalized spacial score (nSPS) is 15.2. The molecule has 1 amide bonds. The van der Waals surface area contributed by atoms with Crippen molar-refractivity contribution in [3.8, 4) is 11.3 Å². The summed E-state index contributed by atoms with van der Waals surface area (Å²) in [5, 5.41) is 21.9. The lowest BCUT2D eigenvalue weighted by atomic mass is 10.1. The highest BCUT2D eigenvalue weighted by atomic mass is 32.2. The number of sulfonamides is 1. The third-order valence-corrected chi connectivity index (χ3v) is 5.93. The van der Waals surface area contributed by atoms with E-state index in [0.29, 0.717) is 28.5 Å². The molecule has 1 aromatic heterocycles. The Morgan fingerprint density at radius 3 is 2.42 bits per heavy atom. The minimum atomic E-state index is -3.86. The number of hydrogen-bond donors (Lipinski definition) is 1. The van der Waals surface area contributed by atoms with Crippen molar-refractivity contribution in [2.45, 2.75) is 18.7 Å². The van der Waals surface area contributed by atoms with Crippen molar-refractivity contribution < 1.29 is 22.6 Å². The molecule has 0 unspecified atom stereocenters. The zero-order chi connectivity index (χ0) is 23.9. The molecule has 0 saturated heterocycles. The number of carbonyl (C=O) groups excluding carboxylic acids is 1. The molecule has 1 aliphatic heterocycles. The second-order valence-corrected chi connectivity index (χ2v) is 8.94. The van der Waals surface area contributed by atoms with Crippen molar-refractivity contribution in [3.63, 3.8) is 0 Å². The van der Waals surface area contributed by atoms with E-state index in [-0.39, 0.29) is 16.2 Å². The lowest BCUT2D eigenvalue weighted by molar-refractivity contribution is -0.384. The van der Waals surface area contributed by atoms with Crippen LogP contribution in [0.3, 0.4) is 0 Å². The number of rotatable bonds is 5. The van der Waals surface area contributed by atoms with Gasteiger partial charge in [-0.3, -0.25) is 14.9 Å². The fraction of sp³-hybridized carbons (Fsp3) is 0.0909. The van der Waals surface area contributed by atoms with Gasteiger partial charge in [0, 0.05) is 6.07 Å². The maximum absolute atomic E-state index is 12.9. The van der Waals surface area contributed by atoms with Crippen LogP contribution in [0.15, 0.2) is 74.6 Å². The number of carbonyl (C=O) groups is 1. The molecule has 4 rings (SSSR count). The molecule has 33 heavy (non-hydrogen) atoms. The van der Waals surface area contributed by atoms with E-state index in [1.165, 1.54) is 36.4 Å². The highest BCUT2D eigenvalue weighted by Crippen LogP contribution is 2.33. The number of furan rings is 1. The minimum absolute atomic E-state index is 0.0765. The van der Waals surface area contributed by atoms with Crippen molar-refractivity contribution in [3.05, 3.63) is 81.6 Å². The molecule has 2 heterocycles. The minimum Gasteiger partial charge on any atom is -0.456 e. The van der Waals surface area contributed by atoms with Gasteiger partial charge in [0.25, 0.3) is 11.6 Å². The number of primary sulfonamides is 1. The molecule has 0 aliphatic carbocycles. The van der Waals surface area contributed by atoms with E-state index >= 15 is 0 Å². The SMILES string of the molecule is CC1=NN(c2ccc(S(N)(=O)=O)cc2)C(=O)/C1=C/c1ccc(-c2ccc(C)cc2[N+](=O)[O-])o1. The molecule has 0 saturated carbocycles. The number of hydrogen-bond acceptors (Lipinski definition) is 7. The number of nitro benzene ring substituents is 1. The van der Waals surface area contributed by atoms with Crippen LogP contribution in [0.4, 0.5) is 11.4 Å². The fourth-order valence-electron chi connectivity index (χ4n) is 3.35. The van der Waals surface area contributed by atoms with Crippen LogP contribution < -0.4 is 10.1 Å². The predicted octanol–water partition coefficient (Wildman–Crippen LogP) is 3.62. The predicted molar refractivity (Wildman–Crippen MR) is 122 cm³/mol. The highest BCUT2D eigenvalue weighted by molar-refractivity contribution is 7.89. The highest BCUT2D eigenvalue weighted by Gasteiger charge is 2.29. The van der Waals surface area contributed by atoms with Gasteiger partial charge >= 0.3 is 0 Å². The first-order valence-electron chi connectivity index (χ1n) is 9.64. The number of anilines is 1. The molecule has 0 spiro atoms. The monoisotopic (exact) mass is 466 g/mol. The Morgan fingerprint density at radius 2 is 1.79 bits per heavy atom. The summed E-state index contributed by atoms with van der Waals surface area (Å²) in [6.45, 7) is 3.41. The van der Waals surface area contributed by atoms with Gasteiger partial charge in [-0.05, 0) is 68.0 Å². The largest absolute Gasteiger partial charge is 0.456 e. The summed E-state index contributed by atoms with van der Waals surface area (Å²) < 4.78 is 28.6. The number of aryl methyl sites for hydroxylation is 1. The van der Waals surface area contributed by atoms with Gasteiger partial charge in [0.15, 0.2) is 0 Å². The van der Waals surface area contributed by atoms with Gasteiger partial charge in [0.2, 0.25) is 10.0 Å². The van der Waals surface area contributed by atoms with Crippen molar-refractivity contribution >= 4 is 39.1 Å². The zero-order valence-electron chi connectivity index (χ0n) is 17.6. The first-order chi connectivity index (χ1) is 15.5. The summed E-state index contributed by atoms with van der Waals surface area (Å²) in [6, 6.07) is 13.5. The number of nitrogens with zero attached hydrogens (tertiary/aromatic N) is 3. The Bertz CT molecular complexity index is 1450. The Labute approximate surface area is 188 Å². The van der Waals surface area contributed by atoms with Crippen LogP contribution in [0.1, 0.15) is 18.2 Å². The molecule has 11 heteroatoms. The third kappa shape index (κ3) is 4.31. The van der Waals surface area contributed by atoms with Crippen LogP contribution in [-0.2, 0) is 14.8 Å². The van der Waals surface area contributed by atoms with E-state index < -0.39 is 20.9 Å². The van der Waals surface area contributed by atoms with Crippen molar-refractivity contribution in [1.29, 1.82) is 0 Å². The molecular weight excluding hydrogens is 448 g/mol. The van der Waals surface area contributed by atoms with Gasteiger partial charge in [0.1, 0.15) is 11.5 Å². The molecule has 2 N–H and O–H groups in total. The molecule has 0 atom stereocenters. The van der Waals surface area contributed by atoms with Gasteiger partial charge in [-0.1, -0.05) is 6.07 Å². The molecule has 2 aromatic carbocycles. The summed E-state index contributed by atoms with van der Waals surface area (Å²) in [5.74, 6) is 0.184. The van der Waals surface area contributed by atoms with Crippen LogP contribution in [0.5, 0.6) is 0 Å². The van der Waals surface area contributed by atoms with Gasteiger partial charge in [0.05, 0.1) is 32.4 Å². The van der Waals surface area contributed by atoms with Crippen LogP contribution in [-0.4, -0.2) is 25.0 Å². The smallest absolute Gasteiger partial charge is 0.280 e. The molecule has 0 fully saturated rings.